The molecule has 2 heteroatoms. The standard InChI is InChI=1S/C18H18O2/c1-19-17-10-9-16(12-18(17)20-2)15-8-7-13-5-3-4-6-14(13)11-15/h3-6,9-12H,7-8H2,1-2H3. The zero-order valence-corrected chi connectivity index (χ0v) is 11.8. The van der Waals surface area contributed by atoms with Gasteiger partial charge in [0.1, 0.15) is 0 Å². The van der Waals surface area contributed by atoms with Crippen LogP contribution in [0.2, 0.25) is 0 Å². The SMILES string of the molecule is COc1ccc(C2=Cc3ccccc3CC2)cc1OC. The summed E-state index contributed by atoms with van der Waals surface area (Å²) in [7, 11) is 3.33. The molecule has 20 heavy (non-hydrogen) atoms. The second-order valence-corrected chi connectivity index (χ2v) is 4.94. The van der Waals surface area contributed by atoms with Crippen molar-refractivity contribution in [3.63, 3.8) is 0 Å². The smallest absolute Gasteiger partial charge is 0.161 e. The summed E-state index contributed by atoms with van der Waals surface area (Å²) in [6, 6.07) is 14.7. The molecule has 0 bridgehead atoms. The molecular weight excluding hydrogens is 248 g/mol. The number of fused-ring (bicyclic) bond motifs is 1. The highest BCUT2D eigenvalue weighted by Crippen LogP contribution is 2.35. The first-order chi connectivity index (χ1) is 9.81. The van der Waals surface area contributed by atoms with Crippen molar-refractivity contribution in [2.45, 2.75) is 12.8 Å². The molecule has 0 aromatic heterocycles. The topological polar surface area (TPSA) is 18.5 Å². The van der Waals surface area contributed by atoms with Gasteiger partial charge in [-0.05, 0) is 47.2 Å². The number of hydrogen-bond acceptors (Lipinski definition) is 2. The predicted octanol–water partition coefficient (Wildman–Crippen LogP) is 4.19. The summed E-state index contributed by atoms with van der Waals surface area (Å²) in [5.41, 5.74) is 5.31. The van der Waals surface area contributed by atoms with E-state index < -0.39 is 0 Å². The summed E-state index contributed by atoms with van der Waals surface area (Å²) in [6.45, 7) is 0. The third kappa shape index (κ3) is 2.29. The first-order valence-corrected chi connectivity index (χ1v) is 6.82. The second-order valence-electron chi connectivity index (χ2n) is 4.94. The van der Waals surface area contributed by atoms with E-state index in [0.29, 0.717) is 0 Å². The normalized spacial score (nSPS) is 13.4. The maximum Gasteiger partial charge on any atom is 0.161 e. The molecule has 0 aliphatic heterocycles. The van der Waals surface area contributed by atoms with Crippen LogP contribution in [0.3, 0.4) is 0 Å². The third-order valence-corrected chi connectivity index (χ3v) is 3.80. The number of ether oxygens (including phenoxy) is 2. The number of allylic oxidation sites excluding steroid dienone is 1. The van der Waals surface area contributed by atoms with Gasteiger partial charge in [0.15, 0.2) is 11.5 Å². The Kier molecular flexibility index (Phi) is 3.46. The fourth-order valence-electron chi connectivity index (χ4n) is 2.70. The van der Waals surface area contributed by atoms with Gasteiger partial charge in [-0.15, -0.1) is 0 Å². The molecule has 0 spiro atoms. The van der Waals surface area contributed by atoms with Crippen molar-refractivity contribution in [3.8, 4) is 11.5 Å². The minimum atomic E-state index is 0.771. The Morgan fingerprint density at radius 2 is 1.65 bits per heavy atom. The van der Waals surface area contributed by atoms with Crippen LogP contribution in [0.5, 0.6) is 11.5 Å². The lowest BCUT2D eigenvalue weighted by molar-refractivity contribution is 0.355. The average molecular weight is 266 g/mol. The van der Waals surface area contributed by atoms with Gasteiger partial charge in [-0.3, -0.25) is 0 Å². The summed E-state index contributed by atoms with van der Waals surface area (Å²) in [5.74, 6) is 1.55. The van der Waals surface area contributed by atoms with Crippen LogP contribution in [0.15, 0.2) is 42.5 Å². The number of hydrogen-bond donors (Lipinski definition) is 0. The third-order valence-electron chi connectivity index (χ3n) is 3.80. The van der Waals surface area contributed by atoms with Gasteiger partial charge in [0, 0.05) is 0 Å². The molecule has 3 rings (SSSR count). The van der Waals surface area contributed by atoms with Crippen LogP contribution in [-0.4, -0.2) is 14.2 Å². The molecule has 0 radical (unpaired) electrons. The quantitative estimate of drug-likeness (QED) is 0.829. The fourth-order valence-corrected chi connectivity index (χ4v) is 2.70. The van der Waals surface area contributed by atoms with E-state index in [0.717, 1.165) is 24.3 Å². The molecule has 2 aromatic carbocycles. The Bertz CT molecular complexity index is 656. The lowest BCUT2D eigenvalue weighted by Gasteiger charge is -2.17. The van der Waals surface area contributed by atoms with Crippen molar-refractivity contribution < 1.29 is 9.47 Å². The molecule has 0 atom stereocenters. The first kappa shape index (κ1) is 12.8. The summed E-state index contributed by atoms with van der Waals surface area (Å²) in [4.78, 5) is 0. The lowest BCUT2D eigenvalue weighted by atomic mass is 9.89. The Morgan fingerprint density at radius 3 is 2.45 bits per heavy atom. The number of methoxy groups -OCH3 is 2. The van der Waals surface area contributed by atoms with Gasteiger partial charge in [-0.1, -0.05) is 36.4 Å². The van der Waals surface area contributed by atoms with E-state index in [9.17, 15) is 0 Å². The summed E-state index contributed by atoms with van der Waals surface area (Å²) in [5, 5.41) is 0. The lowest BCUT2D eigenvalue weighted by Crippen LogP contribution is -1.99. The molecule has 102 valence electrons. The maximum atomic E-state index is 5.38. The molecule has 0 heterocycles. The average Bonchev–Trinajstić information content (AvgIpc) is 2.53. The largest absolute Gasteiger partial charge is 0.493 e. The molecule has 2 nitrogen and oxygen atoms in total. The van der Waals surface area contributed by atoms with Crippen molar-refractivity contribution in [3.05, 3.63) is 59.2 Å². The number of aryl methyl sites for hydroxylation is 1. The van der Waals surface area contributed by atoms with E-state index in [4.69, 9.17) is 9.47 Å². The van der Waals surface area contributed by atoms with Crippen molar-refractivity contribution >= 4 is 11.6 Å². The van der Waals surface area contributed by atoms with E-state index in [-0.39, 0.29) is 0 Å². The molecule has 0 fully saturated rings. The molecule has 0 saturated heterocycles. The molecule has 0 unspecified atom stereocenters. The van der Waals surface area contributed by atoms with E-state index in [1.54, 1.807) is 14.2 Å². The summed E-state index contributed by atoms with van der Waals surface area (Å²) in [6.07, 6.45) is 4.43. The van der Waals surface area contributed by atoms with Crippen molar-refractivity contribution in [2.24, 2.45) is 0 Å². The Hall–Kier alpha value is -2.22. The van der Waals surface area contributed by atoms with Gasteiger partial charge < -0.3 is 9.47 Å². The molecule has 0 N–H and O–H groups in total. The summed E-state index contributed by atoms with van der Waals surface area (Å²) >= 11 is 0. The number of benzene rings is 2. The van der Waals surface area contributed by atoms with Crippen LogP contribution in [0.25, 0.3) is 11.6 Å². The Morgan fingerprint density at radius 1 is 0.850 bits per heavy atom. The van der Waals surface area contributed by atoms with Gasteiger partial charge in [-0.2, -0.15) is 0 Å². The van der Waals surface area contributed by atoms with Crippen LogP contribution in [0.1, 0.15) is 23.1 Å². The predicted molar refractivity (Wildman–Crippen MR) is 82.2 cm³/mol. The maximum absolute atomic E-state index is 5.38. The van der Waals surface area contributed by atoms with Crippen molar-refractivity contribution in [1.29, 1.82) is 0 Å². The van der Waals surface area contributed by atoms with E-state index >= 15 is 0 Å². The van der Waals surface area contributed by atoms with Crippen LogP contribution in [0.4, 0.5) is 0 Å². The summed E-state index contributed by atoms with van der Waals surface area (Å²) < 4.78 is 10.7. The highest BCUT2D eigenvalue weighted by Gasteiger charge is 2.13. The Labute approximate surface area is 119 Å². The number of rotatable bonds is 3. The Balaban J connectivity index is 2.00. The zero-order chi connectivity index (χ0) is 13.9. The molecule has 0 saturated carbocycles. The first-order valence-electron chi connectivity index (χ1n) is 6.82. The highest BCUT2D eigenvalue weighted by molar-refractivity contribution is 5.85. The van der Waals surface area contributed by atoms with Crippen LogP contribution >= 0.6 is 0 Å². The van der Waals surface area contributed by atoms with Gasteiger partial charge >= 0.3 is 0 Å². The molecule has 0 amide bonds. The van der Waals surface area contributed by atoms with Crippen LogP contribution in [0, 0.1) is 0 Å². The van der Waals surface area contributed by atoms with Crippen LogP contribution in [-0.2, 0) is 6.42 Å². The van der Waals surface area contributed by atoms with Crippen LogP contribution < -0.4 is 9.47 Å². The van der Waals surface area contributed by atoms with E-state index in [1.807, 2.05) is 6.07 Å². The monoisotopic (exact) mass is 266 g/mol. The fraction of sp³-hybridized carbons (Fsp3) is 0.222. The minimum absolute atomic E-state index is 0.771. The minimum Gasteiger partial charge on any atom is -0.493 e. The van der Waals surface area contributed by atoms with Gasteiger partial charge in [0.2, 0.25) is 0 Å². The zero-order valence-electron chi connectivity index (χ0n) is 11.8. The highest BCUT2D eigenvalue weighted by atomic mass is 16.5. The van der Waals surface area contributed by atoms with Crippen molar-refractivity contribution in [2.75, 3.05) is 14.2 Å². The van der Waals surface area contributed by atoms with Gasteiger partial charge in [0.25, 0.3) is 0 Å². The van der Waals surface area contributed by atoms with E-state index in [1.165, 1.54) is 22.3 Å². The van der Waals surface area contributed by atoms with Gasteiger partial charge in [-0.25, -0.2) is 0 Å². The van der Waals surface area contributed by atoms with E-state index in [2.05, 4.69) is 42.5 Å². The second kappa shape index (κ2) is 5.41. The van der Waals surface area contributed by atoms with Crippen molar-refractivity contribution in [1.82, 2.24) is 0 Å². The molecule has 1 aliphatic rings. The molecular formula is C18H18O2. The molecule has 2 aromatic rings. The molecule has 1 aliphatic carbocycles. The van der Waals surface area contributed by atoms with Gasteiger partial charge in [0.05, 0.1) is 14.2 Å².